The minimum Gasteiger partial charge on any atom is -0.481 e. The second-order valence-corrected chi connectivity index (χ2v) is 13.0. The summed E-state index contributed by atoms with van der Waals surface area (Å²) in [7, 11) is 0. The number of alkyl halides is 3. The van der Waals surface area contributed by atoms with E-state index in [-0.39, 0.29) is 39.6 Å². The highest BCUT2D eigenvalue weighted by molar-refractivity contribution is 6.39. The number of aromatic nitrogens is 3. The second kappa shape index (κ2) is 10.7. The van der Waals surface area contributed by atoms with Crippen molar-refractivity contribution in [2.24, 2.45) is 10.8 Å². The summed E-state index contributed by atoms with van der Waals surface area (Å²) in [4.78, 5) is 29.1. The molecule has 2 heterocycles. The van der Waals surface area contributed by atoms with Crippen LogP contribution in [0.3, 0.4) is 0 Å². The quantitative estimate of drug-likeness (QED) is 0.315. The fraction of sp³-hybridized carbons (Fsp3) is 0.630. The Morgan fingerprint density at radius 3 is 2.10 bits per heavy atom. The number of nitrogens with zero attached hydrogens (tertiary/aromatic N) is 3. The number of aliphatic carboxylic acids is 1. The van der Waals surface area contributed by atoms with Crippen LogP contribution in [-0.4, -0.2) is 44.7 Å². The smallest absolute Gasteiger partial charge is 0.433 e. The minimum absolute atomic E-state index is 0.0262. The number of halogens is 5. The highest BCUT2D eigenvalue weighted by atomic mass is 35.5. The van der Waals surface area contributed by atoms with Crippen molar-refractivity contribution >= 4 is 35.0 Å². The average molecular weight is 589 g/mol. The molecule has 0 aliphatic heterocycles. The maximum atomic E-state index is 14.8. The topological polar surface area (TPSA) is 97.1 Å². The number of carbonyl (C=O) groups excluding carboxylic acids is 1. The molecule has 3 aliphatic rings. The zero-order valence-corrected chi connectivity index (χ0v) is 23.7. The van der Waals surface area contributed by atoms with Gasteiger partial charge in [0.25, 0.3) is 0 Å². The molecule has 2 bridgehead atoms. The second-order valence-electron chi connectivity index (χ2n) is 12.2. The highest BCUT2D eigenvalue weighted by Crippen LogP contribution is 2.57. The van der Waals surface area contributed by atoms with Crippen molar-refractivity contribution in [2.45, 2.75) is 83.4 Å². The summed E-state index contributed by atoms with van der Waals surface area (Å²) >= 11 is 12.4. The Labute approximate surface area is 235 Å². The molecule has 2 aromatic rings. The summed E-state index contributed by atoms with van der Waals surface area (Å²) in [6, 6.07) is 0. The molecule has 39 heavy (non-hydrogen) atoms. The van der Waals surface area contributed by atoms with Crippen LogP contribution in [0.15, 0.2) is 18.6 Å². The first kappa shape index (κ1) is 29.8. The summed E-state index contributed by atoms with van der Waals surface area (Å²) in [5.41, 5.74) is -2.85. The molecule has 1 unspecified atom stereocenters. The molecule has 2 N–H and O–H groups in total. The molecule has 0 aromatic carbocycles. The van der Waals surface area contributed by atoms with Crippen molar-refractivity contribution in [3.63, 3.8) is 0 Å². The normalized spacial score (nSPS) is 24.1. The predicted molar refractivity (Wildman–Crippen MR) is 141 cm³/mol. The molecule has 0 saturated heterocycles. The Bertz CT molecular complexity index is 1210. The molecular weight excluding hydrogens is 556 g/mol. The summed E-state index contributed by atoms with van der Waals surface area (Å²) in [6.45, 7) is 6.62. The third-order valence-corrected chi connectivity index (χ3v) is 8.80. The van der Waals surface area contributed by atoms with Gasteiger partial charge in [-0.3, -0.25) is 19.3 Å². The number of hydrogen-bond acceptors (Lipinski definition) is 5. The van der Waals surface area contributed by atoms with Crippen LogP contribution in [0.1, 0.15) is 93.3 Å². The van der Waals surface area contributed by atoms with Gasteiger partial charge in [0.2, 0.25) is 0 Å². The first-order valence-electron chi connectivity index (χ1n) is 13.0. The van der Waals surface area contributed by atoms with Crippen molar-refractivity contribution in [2.75, 3.05) is 13.1 Å². The van der Waals surface area contributed by atoms with Crippen LogP contribution in [0.2, 0.25) is 10.0 Å². The van der Waals surface area contributed by atoms with E-state index in [9.17, 15) is 27.9 Å². The maximum Gasteiger partial charge on any atom is 0.433 e. The van der Waals surface area contributed by atoms with Gasteiger partial charge >= 0.3 is 12.1 Å². The van der Waals surface area contributed by atoms with Crippen molar-refractivity contribution < 1.29 is 27.9 Å². The van der Waals surface area contributed by atoms with Gasteiger partial charge in [-0.1, -0.05) is 44.0 Å². The van der Waals surface area contributed by atoms with Crippen molar-refractivity contribution in [3.05, 3.63) is 45.5 Å². The van der Waals surface area contributed by atoms with Crippen molar-refractivity contribution in [1.29, 1.82) is 0 Å². The molecule has 0 spiro atoms. The van der Waals surface area contributed by atoms with Gasteiger partial charge in [-0.2, -0.15) is 18.3 Å². The number of Topliss-reactive ketones (excluding diaryl/α,β-unsaturated/α-hetero) is 1. The number of rotatable bonds is 9. The van der Waals surface area contributed by atoms with Crippen LogP contribution in [0, 0.1) is 10.8 Å². The predicted octanol–water partition coefficient (Wildman–Crippen LogP) is 6.73. The fourth-order valence-electron chi connectivity index (χ4n) is 6.02. The number of carbonyl (C=O) groups is 2. The van der Waals surface area contributed by atoms with Crippen LogP contribution in [-0.2, 0) is 16.5 Å². The van der Waals surface area contributed by atoms with Crippen LogP contribution in [0.5, 0.6) is 0 Å². The van der Waals surface area contributed by atoms with Gasteiger partial charge in [-0.15, -0.1) is 0 Å². The lowest BCUT2D eigenvalue weighted by Gasteiger charge is -2.51. The van der Waals surface area contributed by atoms with E-state index in [0.29, 0.717) is 45.1 Å². The zero-order valence-electron chi connectivity index (χ0n) is 22.2. The molecule has 0 amide bonds. The molecule has 2 aromatic heterocycles. The Morgan fingerprint density at radius 1 is 1.05 bits per heavy atom. The highest BCUT2D eigenvalue weighted by Gasteiger charge is 2.56. The monoisotopic (exact) mass is 588 g/mol. The lowest BCUT2D eigenvalue weighted by atomic mass is 9.57. The molecule has 12 heteroatoms. The first-order chi connectivity index (χ1) is 18.1. The molecule has 3 saturated carbocycles. The zero-order chi connectivity index (χ0) is 28.8. The van der Waals surface area contributed by atoms with Crippen molar-refractivity contribution in [3.8, 4) is 0 Å². The summed E-state index contributed by atoms with van der Waals surface area (Å²) in [6.07, 6.45) is 0.588. The number of nitrogens with one attached hydrogen (secondary N) is 1. The summed E-state index contributed by atoms with van der Waals surface area (Å²) in [5, 5.41) is 17.3. The van der Waals surface area contributed by atoms with Crippen LogP contribution < -0.4 is 5.32 Å². The first-order valence-corrected chi connectivity index (χ1v) is 13.8. The Kier molecular flexibility index (Phi) is 8.15. The van der Waals surface area contributed by atoms with Gasteiger partial charge in [0.15, 0.2) is 5.78 Å². The Morgan fingerprint density at radius 2 is 1.62 bits per heavy atom. The molecule has 214 valence electrons. The molecule has 3 aliphatic carbocycles. The van der Waals surface area contributed by atoms with E-state index in [1.807, 2.05) is 20.8 Å². The summed E-state index contributed by atoms with van der Waals surface area (Å²) in [5.74, 6) is -2.24. The third-order valence-electron chi connectivity index (χ3n) is 8.23. The van der Waals surface area contributed by atoms with Gasteiger partial charge in [0.1, 0.15) is 5.69 Å². The SMILES string of the molecule is CC(C)(C)CNCC(CC(=O)c1c(Cl)cncc1Cl)c1cnn(C23CCC(C(=O)O)(CC2)CC3)c1C(F)(F)F. The van der Waals surface area contributed by atoms with Gasteiger partial charge in [0, 0.05) is 43.4 Å². The van der Waals surface area contributed by atoms with Gasteiger partial charge < -0.3 is 10.4 Å². The molecular formula is C27H33Cl2F3N4O3. The molecule has 1 atom stereocenters. The van der Waals surface area contributed by atoms with Crippen LogP contribution in [0.25, 0.3) is 0 Å². The number of carboxylic acids is 1. The maximum absolute atomic E-state index is 14.8. The standard InChI is InChI=1S/C27H33Cl2F3N4O3/c1-24(2,3)15-34-11-16(10-20(37)21-18(28)13-33-14-19(21)29)17-12-35-36(22(17)27(30,31)32)26-7-4-25(5-8-26,6-9-26)23(38)39/h12-14,16,34H,4-11,15H2,1-3H3,(H,38,39). The van der Waals surface area contributed by atoms with Crippen molar-refractivity contribution in [1.82, 2.24) is 20.1 Å². The molecule has 3 fully saturated rings. The Hall–Kier alpha value is -2.17. The molecule has 0 radical (unpaired) electrons. The van der Waals surface area contributed by atoms with E-state index in [2.05, 4.69) is 15.4 Å². The van der Waals surface area contributed by atoms with Gasteiger partial charge in [-0.05, 0) is 43.9 Å². The minimum atomic E-state index is -4.74. The summed E-state index contributed by atoms with van der Waals surface area (Å²) < 4.78 is 45.4. The molecule has 7 nitrogen and oxygen atoms in total. The van der Waals surface area contributed by atoms with E-state index in [1.54, 1.807) is 0 Å². The molecule has 5 rings (SSSR count). The van der Waals surface area contributed by atoms with Gasteiger partial charge in [0.05, 0.1) is 32.8 Å². The van der Waals surface area contributed by atoms with E-state index >= 15 is 0 Å². The lowest BCUT2D eigenvalue weighted by molar-refractivity contribution is -0.163. The number of carboxylic acid groups (broad SMARTS) is 1. The average Bonchev–Trinajstić information content (AvgIpc) is 3.30. The van der Waals surface area contributed by atoms with E-state index in [0.717, 1.165) is 4.68 Å². The van der Waals surface area contributed by atoms with Crippen LogP contribution >= 0.6 is 23.2 Å². The van der Waals surface area contributed by atoms with Gasteiger partial charge in [-0.25, -0.2) is 0 Å². The van der Waals surface area contributed by atoms with E-state index < -0.39 is 40.5 Å². The fourth-order valence-corrected chi connectivity index (χ4v) is 6.60. The van der Waals surface area contributed by atoms with Crippen LogP contribution in [0.4, 0.5) is 13.2 Å². The number of ketones is 1. The Balaban J connectivity index is 1.73. The third kappa shape index (κ3) is 5.98. The van der Waals surface area contributed by atoms with E-state index in [1.165, 1.54) is 18.6 Å². The van der Waals surface area contributed by atoms with E-state index in [4.69, 9.17) is 23.2 Å². The number of fused-ring (bicyclic) bond motifs is 3. The number of hydrogen-bond donors (Lipinski definition) is 2. The number of pyridine rings is 1. The largest absolute Gasteiger partial charge is 0.481 e. The lowest BCUT2D eigenvalue weighted by Crippen LogP contribution is -2.52.